The van der Waals surface area contributed by atoms with Gasteiger partial charge in [-0.15, -0.1) is 0 Å². The van der Waals surface area contributed by atoms with Crippen LogP contribution in [0, 0.1) is 11.8 Å². The zero-order valence-corrected chi connectivity index (χ0v) is 8.83. The van der Waals surface area contributed by atoms with Gasteiger partial charge in [0.2, 0.25) is 0 Å². The first kappa shape index (κ1) is 9.47. The fourth-order valence-corrected chi connectivity index (χ4v) is 2.47. The van der Waals surface area contributed by atoms with E-state index in [1.807, 2.05) is 7.11 Å². The van der Waals surface area contributed by atoms with E-state index in [1.165, 1.54) is 38.9 Å². The van der Waals surface area contributed by atoms with Gasteiger partial charge in [-0.2, -0.15) is 0 Å². The molecule has 2 heteroatoms. The summed E-state index contributed by atoms with van der Waals surface area (Å²) in [6, 6.07) is 0. The minimum Gasteiger partial charge on any atom is -0.381 e. The number of likely N-dealkylation sites (tertiary alicyclic amines) is 1. The van der Waals surface area contributed by atoms with Crippen molar-refractivity contribution in [2.45, 2.75) is 32.3 Å². The molecule has 0 bridgehead atoms. The second-order valence-electron chi connectivity index (χ2n) is 4.69. The molecule has 1 heterocycles. The molecule has 0 unspecified atom stereocenters. The van der Waals surface area contributed by atoms with Crippen molar-refractivity contribution in [3.05, 3.63) is 0 Å². The van der Waals surface area contributed by atoms with Gasteiger partial charge in [-0.3, -0.25) is 0 Å². The van der Waals surface area contributed by atoms with Crippen molar-refractivity contribution < 1.29 is 4.74 Å². The van der Waals surface area contributed by atoms with Crippen LogP contribution in [0.2, 0.25) is 0 Å². The van der Waals surface area contributed by atoms with Crippen molar-refractivity contribution in [1.82, 2.24) is 4.90 Å². The van der Waals surface area contributed by atoms with Crippen LogP contribution in [0.4, 0.5) is 0 Å². The fraction of sp³-hybridized carbons (Fsp3) is 1.00. The van der Waals surface area contributed by atoms with Crippen molar-refractivity contribution >= 4 is 0 Å². The summed E-state index contributed by atoms with van der Waals surface area (Å²) in [5.41, 5.74) is 0. The van der Waals surface area contributed by atoms with Crippen LogP contribution in [0.3, 0.4) is 0 Å². The Hall–Kier alpha value is -0.0800. The lowest BCUT2D eigenvalue weighted by Crippen LogP contribution is -2.50. The van der Waals surface area contributed by atoms with Gasteiger partial charge in [0.25, 0.3) is 0 Å². The molecule has 13 heavy (non-hydrogen) atoms. The number of hydrogen-bond acceptors (Lipinski definition) is 2. The predicted octanol–water partition coefficient (Wildman–Crippen LogP) is 1.75. The minimum atomic E-state index is 0.577. The number of hydrogen-bond donors (Lipinski definition) is 0. The van der Waals surface area contributed by atoms with E-state index >= 15 is 0 Å². The highest BCUT2D eigenvalue weighted by Crippen LogP contribution is 2.32. The second kappa shape index (κ2) is 3.97. The molecule has 1 saturated carbocycles. The highest BCUT2D eigenvalue weighted by Gasteiger charge is 2.33. The summed E-state index contributed by atoms with van der Waals surface area (Å²) in [5, 5.41) is 0. The van der Waals surface area contributed by atoms with Gasteiger partial charge in [-0.05, 0) is 24.7 Å². The van der Waals surface area contributed by atoms with E-state index in [9.17, 15) is 0 Å². The first-order valence-corrected chi connectivity index (χ1v) is 5.57. The monoisotopic (exact) mass is 183 g/mol. The summed E-state index contributed by atoms with van der Waals surface area (Å²) in [6.07, 6.45) is 4.53. The smallest absolute Gasteiger partial charge is 0.0577 e. The van der Waals surface area contributed by atoms with E-state index < -0.39 is 0 Å². The second-order valence-corrected chi connectivity index (χ2v) is 4.69. The molecule has 0 radical (unpaired) electrons. The van der Waals surface area contributed by atoms with Gasteiger partial charge < -0.3 is 9.64 Å². The largest absolute Gasteiger partial charge is 0.381 e. The summed E-state index contributed by atoms with van der Waals surface area (Å²) in [6.45, 7) is 6.33. The summed E-state index contributed by atoms with van der Waals surface area (Å²) >= 11 is 0. The Balaban J connectivity index is 1.56. The zero-order valence-electron chi connectivity index (χ0n) is 8.83. The third-order valence-corrected chi connectivity index (χ3v) is 3.65. The molecule has 1 aliphatic heterocycles. The summed E-state index contributed by atoms with van der Waals surface area (Å²) in [4.78, 5) is 2.60. The van der Waals surface area contributed by atoms with Gasteiger partial charge in [-0.25, -0.2) is 0 Å². The lowest BCUT2D eigenvalue weighted by Gasteiger charge is -2.44. The van der Waals surface area contributed by atoms with Crippen LogP contribution in [0.15, 0.2) is 0 Å². The summed E-state index contributed by atoms with van der Waals surface area (Å²) in [5.74, 6) is 1.93. The molecule has 2 fully saturated rings. The molecule has 0 aromatic rings. The Morgan fingerprint density at radius 2 is 1.92 bits per heavy atom. The van der Waals surface area contributed by atoms with Crippen LogP contribution >= 0.6 is 0 Å². The van der Waals surface area contributed by atoms with E-state index in [1.54, 1.807) is 0 Å². The van der Waals surface area contributed by atoms with Gasteiger partial charge in [-0.1, -0.05) is 13.3 Å². The maximum Gasteiger partial charge on any atom is 0.0577 e. The normalized spacial score (nSPS) is 35.5. The Labute approximate surface area is 81.3 Å². The summed E-state index contributed by atoms with van der Waals surface area (Å²) < 4.78 is 5.27. The number of methoxy groups -OCH3 is 1. The van der Waals surface area contributed by atoms with Gasteiger partial charge in [0.1, 0.15) is 0 Å². The van der Waals surface area contributed by atoms with Crippen LogP contribution in [0.1, 0.15) is 26.2 Å². The SMILES string of the molecule is CCC1CN(CC2CC(OC)C2)C1. The minimum absolute atomic E-state index is 0.577. The van der Waals surface area contributed by atoms with E-state index in [0.29, 0.717) is 6.10 Å². The molecular formula is C11H21NO. The van der Waals surface area contributed by atoms with Gasteiger partial charge in [0, 0.05) is 26.7 Å². The lowest BCUT2D eigenvalue weighted by molar-refractivity contribution is -0.0268. The zero-order chi connectivity index (χ0) is 9.26. The fourth-order valence-electron chi connectivity index (χ4n) is 2.47. The molecule has 0 aromatic carbocycles. The molecule has 0 amide bonds. The van der Waals surface area contributed by atoms with E-state index in [0.717, 1.165) is 11.8 Å². The molecule has 0 aromatic heterocycles. The molecule has 0 N–H and O–H groups in total. The topological polar surface area (TPSA) is 12.5 Å². The Morgan fingerprint density at radius 3 is 2.46 bits per heavy atom. The molecule has 2 aliphatic rings. The van der Waals surface area contributed by atoms with E-state index in [-0.39, 0.29) is 0 Å². The number of rotatable bonds is 4. The van der Waals surface area contributed by atoms with Crippen LogP contribution in [0.5, 0.6) is 0 Å². The molecule has 76 valence electrons. The van der Waals surface area contributed by atoms with Crippen LogP contribution in [-0.4, -0.2) is 37.7 Å². The van der Waals surface area contributed by atoms with Crippen LogP contribution in [-0.2, 0) is 4.74 Å². The third kappa shape index (κ3) is 2.05. The van der Waals surface area contributed by atoms with Gasteiger partial charge in [0.15, 0.2) is 0 Å². The summed E-state index contributed by atoms with van der Waals surface area (Å²) in [7, 11) is 1.83. The van der Waals surface area contributed by atoms with Crippen molar-refractivity contribution in [3.8, 4) is 0 Å². The maximum absolute atomic E-state index is 5.27. The molecule has 1 saturated heterocycles. The highest BCUT2D eigenvalue weighted by atomic mass is 16.5. The Morgan fingerprint density at radius 1 is 1.23 bits per heavy atom. The first-order valence-electron chi connectivity index (χ1n) is 5.57. The standard InChI is InChI=1S/C11H21NO/c1-3-9-6-12(7-9)8-10-4-11(5-10)13-2/h9-11H,3-8H2,1-2H3. The third-order valence-electron chi connectivity index (χ3n) is 3.65. The molecule has 0 spiro atoms. The quantitative estimate of drug-likeness (QED) is 0.658. The molecule has 2 rings (SSSR count). The first-order chi connectivity index (χ1) is 6.31. The Bertz CT molecular complexity index is 141. The van der Waals surface area contributed by atoms with E-state index in [4.69, 9.17) is 4.74 Å². The van der Waals surface area contributed by atoms with Crippen molar-refractivity contribution in [1.29, 1.82) is 0 Å². The lowest BCUT2D eigenvalue weighted by atomic mass is 9.81. The number of ether oxygens (including phenoxy) is 1. The van der Waals surface area contributed by atoms with Crippen molar-refractivity contribution in [3.63, 3.8) is 0 Å². The number of nitrogens with zero attached hydrogens (tertiary/aromatic N) is 1. The van der Waals surface area contributed by atoms with E-state index in [2.05, 4.69) is 11.8 Å². The molecular weight excluding hydrogens is 162 g/mol. The van der Waals surface area contributed by atoms with Crippen LogP contribution < -0.4 is 0 Å². The Kier molecular flexibility index (Phi) is 2.89. The average molecular weight is 183 g/mol. The van der Waals surface area contributed by atoms with Crippen LogP contribution in [0.25, 0.3) is 0 Å². The average Bonchev–Trinajstić information content (AvgIpc) is 1.99. The maximum atomic E-state index is 5.27. The van der Waals surface area contributed by atoms with Crippen molar-refractivity contribution in [2.75, 3.05) is 26.7 Å². The van der Waals surface area contributed by atoms with Gasteiger partial charge in [0.05, 0.1) is 6.10 Å². The molecule has 0 atom stereocenters. The van der Waals surface area contributed by atoms with Crippen molar-refractivity contribution in [2.24, 2.45) is 11.8 Å². The highest BCUT2D eigenvalue weighted by molar-refractivity contribution is 4.86. The predicted molar refractivity (Wildman–Crippen MR) is 53.7 cm³/mol. The van der Waals surface area contributed by atoms with Gasteiger partial charge >= 0.3 is 0 Å². The molecule has 2 nitrogen and oxygen atoms in total. The molecule has 1 aliphatic carbocycles.